The lowest BCUT2D eigenvalue weighted by molar-refractivity contribution is 0.100. The van der Waals surface area contributed by atoms with E-state index in [4.69, 9.17) is 17.3 Å². The highest BCUT2D eigenvalue weighted by Crippen LogP contribution is 2.14. The van der Waals surface area contributed by atoms with Crippen molar-refractivity contribution in [1.29, 1.82) is 0 Å². The van der Waals surface area contributed by atoms with Crippen molar-refractivity contribution < 1.29 is 4.79 Å². The number of hydrogen-bond acceptors (Lipinski definition) is 3. The first-order valence-corrected chi connectivity index (χ1v) is 5.78. The molecule has 0 aliphatic carbocycles. The Bertz CT molecular complexity index is 572. The third-order valence-corrected chi connectivity index (χ3v) is 2.66. The quantitative estimate of drug-likeness (QED) is 0.888. The molecular formula is C13H12ClN3O. The van der Waals surface area contributed by atoms with Crippen LogP contribution in [0.5, 0.6) is 0 Å². The highest BCUT2D eigenvalue weighted by molar-refractivity contribution is 6.30. The van der Waals surface area contributed by atoms with Gasteiger partial charge < -0.3 is 11.1 Å². The fourth-order valence-corrected chi connectivity index (χ4v) is 1.79. The van der Waals surface area contributed by atoms with E-state index in [0.717, 1.165) is 5.56 Å². The minimum absolute atomic E-state index is 0.375. The van der Waals surface area contributed by atoms with E-state index in [-0.39, 0.29) is 0 Å². The zero-order chi connectivity index (χ0) is 13.0. The second-order valence-corrected chi connectivity index (χ2v) is 4.18. The Hall–Kier alpha value is -2.07. The minimum Gasteiger partial charge on any atom is -0.365 e. The average Bonchev–Trinajstić information content (AvgIpc) is 2.37. The molecule has 4 nitrogen and oxygen atoms in total. The second kappa shape index (κ2) is 5.51. The summed E-state index contributed by atoms with van der Waals surface area (Å²) in [5, 5.41) is 3.74. The van der Waals surface area contributed by atoms with Crippen LogP contribution in [0, 0.1) is 0 Å². The van der Waals surface area contributed by atoms with E-state index in [9.17, 15) is 4.79 Å². The zero-order valence-electron chi connectivity index (χ0n) is 9.56. The van der Waals surface area contributed by atoms with Gasteiger partial charge in [0, 0.05) is 17.8 Å². The molecule has 1 heterocycles. The standard InChI is InChI=1S/C13H12ClN3O/c14-10-4-1-3-9(7-10)8-17-13-11(12(15)18)5-2-6-16-13/h1-7H,8H2,(H2,15,18)(H,16,17). The van der Waals surface area contributed by atoms with Crippen LogP contribution in [0.1, 0.15) is 15.9 Å². The highest BCUT2D eigenvalue weighted by atomic mass is 35.5. The maximum Gasteiger partial charge on any atom is 0.252 e. The number of aromatic nitrogens is 1. The summed E-state index contributed by atoms with van der Waals surface area (Å²) in [5.41, 5.74) is 6.65. The molecule has 0 atom stereocenters. The Labute approximate surface area is 110 Å². The van der Waals surface area contributed by atoms with Crippen LogP contribution < -0.4 is 11.1 Å². The third-order valence-electron chi connectivity index (χ3n) is 2.42. The van der Waals surface area contributed by atoms with Crippen LogP contribution in [0.15, 0.2) is 42.6 Å². The van der Waals surface area contributed by atoms with Crippen LogP contribution in [0.4, 0.5) is 5.82 Å². The van der Waals surface area contributed by atoms with Gasteiger partial charge in [0.25, 0.3) is 5.91 Å². The number of amides is 1. The molecule has 0 bridgehead atoms. The first-order chi connectivity index (χ1) is 8.66. The molecule has 2 aromatic rings. The van der Waals surface area contributed by atoms with Crippen LogP contribution in [-0.2, 0) is 6.54 Å². The van der Waals surface area contributed by atoms with Crippen molar-refractivity contribution in [3.05, 3.63) is 58.7 Å². The zero-order valence-corrected chi connectivity index (χ0v) is 10.3. The third kappa shape index (κ3) is 2.99. The molecule has 0 saturated carbocycles. The van der Waals surface area contributed by atoms with Gasteiger partial charge in [0.1, 0.15) is 5.82 Å². The van der Waals surface area contributed by atoms with Gasteiger partial charge in [-0.05, 0) is 29.8 Å². The summed E-state index contributed by atoms with van der Waals surface area (Å²) in [7, 11) is 0. The molecule has 0 aliphatic rings. The summed E-state index contributed by atoms with van der Waals surface area (Å²) >= 11 is 5.89. The number of hydrogen-bond donors (Lipinski definition) is 2. The van der Waals surface area contributed by atoms with Gasteiger partial charge in [-0.2, -0.15) is 0 Å². The Morgan fingerprint density at radius 3 is 2.89 bits per heavy atom. The number of pyridine rings is 1. The summed E-state index contributed by atoms with van der Waals surface area (Å²) in [6, 6.07) is 10.8. The predicted molar refractivity (Wildman–Crippen MR) is 71.5 cm³/mol. The normalized spacial score (nSPS) is 10.1. The van der Waals surface area contributed by atoms with E-state index in [1.165, 1.54) is 0 Å². The largest absolute Gasteiger partial charge is 0.365 e. The van der Waals surface area contributed by atoms with E-state index in [1.807, 2.05) is 18.2 Å². The van der Waals surface area contributed by atoms with Crippen molar-refractivity contribution in [3.63, 3.8) is 0 Å². The molecular weight excluding hydrogens is 250 g/mol. The van der Waals surface area contributed by atoms with Crippen LogP contribution in [0.25, 0.3) is 0 Å². The average molecular weight is 262 g/mol. The molecule has 5 heteroatoms. The maximum atomic E-state index is 11.2. The number of nitrogens with zero attached hydrogens (tertiary/aromatic N) is 1. The van der Waals surface area contributed by atoms with Gasteiger partial charge in [-0.25, -0.2) is 4.98 Å². The van der Waals surface area contributed by atoms with Crippen LogP contribution in [0.3, 0.4) is 0 Å². The van der Waals surface area contributed by atoms with Crippen molar-refractivity contribution in [3.8, 4) is 0 Å². The van der Waals surface area contributed by atoms with Crippen molar-refractivity contribution in [2.45, 2.75) is 6.54 Å². The Kier molecular flexibility index (Phi) is 3.79. The number of nitrogens with one attached hydrogen (secondary N) is 1. The fourth-order valence-electron chi connectivity index (χ4n) is 1.58. The Balaban J connectivity index is 2.13. The smallest absolute Gasteiger partial charge is 0.252 e. The second-order valence-electron chi connectivity index (χ2n) is 3.75. The lowest BCUT2D eigenvalue weighted by Gasteiger charge is -2.08. The number of halogens is 1. The van der Waals surface area contributed by atoms with Gasteiger partial charge in [0.15, 0.2) is 0 Å². The van der Waals surface area contributed by atoms with E-state index in [1.54, 1.807) is 24.4 Å². The van der Waals surface area contributed by atoms with Crippen molar-refractivity contribution >= 4 is 23.3 Å². The monoisotopic (exact) mass is 261 g/mol. The number of carbonyl (C=O) groups excluding carboxylic acids is 1. The van der Waals surface area contributed by atoms with E-state index >= 15 is 0 Å². The molecule has 0 saturated heterocycles. The molecule has 0 spiro atoms. The van der Waals surface area contributed by atoms with Crippen LogP contribution in [-0.4, -0.2) is 10.9 Å². The van der Waals surface area contributed by atoms with Gasteiger partial charge in [-0.1, -0.05) is 23.7 Å². The molecule has 0 fully saturated rings. The number of primary amides is 1. The highest BCUT2D eigenvalue weighted by Gasteiger charge is 2.07. The van der Waals surface area contributed by atoms with E-state index in [2.05, 4.69) is 10.3 Å². The fraction of sp³-hybridized carbons (Fsp3) is 0.0769. The van der Waals surface area contributed by atoms with Gasteiger partial charge in [-0.3, -0.25) is 4.79 Å². The van der Waals surface area contributed by atoms with Gasteiger partial charge in [0.05, 0.1) is 5.56 Å². The first kappa shape index (κ1) is 12.4. The summed E-state index contributed by atoms with van der Waals surface area (Å²) < 4.78 is 0. The molecule has 0 aliphatic heterocycles. The SMILES string of the molecule is NC(=O)c1cccnc1NCc1cccc(Cl)c1. The predicted octanol–water partition coefficient (Wildman–Crippen LogP) is 2.45. The van der Waals surface area contributed by atoms with E-state index in [0.29, 0.717) is 22.9 Å². The minimum atomic E-state index is -0.503. The molecule has 18 heavy (non-hydrogen) atoms. The lowest BCUT2D eigenvalue weighted by atomic mass is 10.2. The first-order valence-electron chi connectivity index (χ1n) is 5.40. The van der Waals surface area contributed by atoms with Crippen molar-refractivity contribution in [2.24, 2.45) is 5.73 Å². The lowest BCUT2D eigenvalue weighted by Crippen LogP contribution is -2.15. The summed E-state index contributed by atoms with van der Waals surface area (Å²) in [6.45, 7) is 0.526. The number of anilines is 1. The molecule has 1 aromatic carbocycles. The molecule has 0 radical (unpaired) electrons. The topological polar surface area (TPSA) is 68.0 Å². The van der Waals surface area contributed by atoms with Crippen molar-refractivity contribution in [2.75, 3.05) is 5.32 Å². The number of carbonyl (C=O) groups is 1. The molecule has 1 amide bonds. The molecule has 0 unspecified atom stereocenters. The number of benzene rings is 1. The Morgan fingerprint density at radius 1 is 1.33 bits per heavy atom. The summed E-state index contributed by atoms with van der Waals surface area (Å²) in [5.74, 6) is -0.0262. The molecule has 1 aromatic heterocycles. The molecule has 2 rings (SSSR count). The van der Waals surface area contributed by atoms with Crippen molar-refractivity contribution in [1.82, 2.24) is 4.98 Å². The van der Waals surface area contributed by atoms with E-state index < -0.39 is 5.91 Å². The van der Waals surface area contributed by atoms with Crippen LogP contribution >= 0.6 is 11.6 Å². The summed E-state index contributed by atoms with van der Waals surface area (Å²) in [4.78, 5) is 15.3. The van der Waals surface area contributed by atoms with Gasteiger partial charge in [-0.15, -0.1) is 0 Å². The number of rotatable bonds is 4. The molecule has 92 valence electrons. The van der Waals surface area contributed by atoms with Crippen LogP contribution in [0.2, 0.25) is 5.02 Å². The van der Waals surface area contributed by atoms with Gasteiger partial charge in [0.2, 0.25) is 0 Å². The Morgan fingerprint density at radius 2 is 2.17 bits per heavy atom. The summed E-state index contributed by atoms with van der Waals surface area (Å²) in [6.07, 6.45) is 1.60. The van der Waals surface area contributed by atoms with Gasteiger partial charge >= 0.3 is 0 Å². The number of nitrogens with two attached hydrogens (primary N) is 1. The molecule has 3 N–H and O–H groups in total. The maximum absolute atomic E-state index is 11.2.